The maximum atomic E-state index is 12.5. The van der Waals surface area contributed by atoms with Gasteiger partial charge >= 0.3 is 0 Å². The molecule has 24 heavy (non-hydrogen) atoms. The lowest BCUT2D eigenvalue weighted by Gasteiger charge is -2.35. The van der Waals surface area contributed by atoms with E-state index in [1.165, 1.54) is 11.3 Å². The van der Waals surface area contributed by atoms with Crippen molar-refractivity contribution >= 4 is 45.6 Å². The van der Waals surface area contributed by atoms with Crippen molar-refractivity contribution in [3.05, 3.63) is 51.9 Å². The maximum absolute atomic E-state index is 12.5. The summed E-state index contributed by atoms with van der Waals surface area (Å²) < 4.78 is 0.643. The van der Waals surface area contributed by atoms with Crippen molar-refractivity contribution in [1.82, 2.24) is 14.9 Å². The molecule has 0 bridgehead atoms. The summed E-state index contributed by atoms with van der Waals surface area (Å²) in [7, 11) is 0. The Balaban J connectivity index is 1.50. The molecule has 1 saturated heterocycles. The van der Waals surface area contributed by atoms with Crippen LogP contribution in [0.15, 0.2) is 42.7 Å². The Bertz CT molecular complexity index is 884. The van der Waals surface area contributed by atoms with E-state index in [0.29, 0.717) is 22.3 Å². The molecule has 2 aromatic heterocycles. The molecular weight excluding hydrogens is 344 g/mol. The summed E-state index contributed by atoms with van der Waals surface area (Å²) in [6, 6.07) is 11.6. The van der Waals surface area contributed by atoms with Gasteiger partial charge < -0.3 is 9.80 Å². The molecule has 4 rings (SSSR count). The Kier molecular flexibility index (Phi) is 4.08. The van der Waals surface area contributed by atoms with Gasteiger partial charge in [0.15, 0.2) is 0 Å². The van der Waals surface area contributed by atoms with Crippen LogP contribution < -0.4 is 4.90 Å². The Labute approximate surface area is 148 Å². The van der Waals surface area contributed by atoms with Crippen molar-refractivity contribution in [2.75, 3.05) is 31.1 Å². The van der Waals surface area contributed by atoms with Crippen LogP contribution in [-0.2, 0) is 0 Å². The summed E-state index contributed by atoms with van der Waals surface area (Å²) in [6.07, 6.45) is 1.60. The van der Waals surface area contributed by atoms with E-state index in [1.807, 2.05) is 29.2 Å². The summed E-state index contributed by atoms with van der Waals surface area (Å²) in [5.74, 6) is 0.992. The molecule has 1 amide bonds. The number of carbonyl (C=O) groups excluding carboxylic acids is 1. The fourth-order valence-corrected chi connectivity index (χ4v) is 3.96. The molecule has 7 heteroatoms. The van der Waals surface area contributed by atoms with Crippen LogP contribution in [0.25, 0.3) is 10.9 Å². The van der Waals surface area contributed by atoms with Gasteiger partial charge in [-0.05, 0) is 24.3 Å². The lowest BCUT2D eigenvalue weighted by Crippen LogP contribution is -2.49. The van der Waals surface area contributed by atoms with Crippen LogP contribution in [0.1, 0.15) is 9.67 Å². The number of anilines is 1. The van der Waals surface area contributed by atoms with Gasteiger partial charge in [-0.15, -0.1) is 11.3 Å². The predicted octanol–water partition coefficient (Wildman–Crippen LogP) is 3.31. The van der Waals surface area contributed by atoms with Crippen LogP contribution >= 0.6 is 22.9 Å². The number of para-hydroxylation sites is 1. The number of carbonyl (C=O) groups is 1. The molecule has 0 unspecified atom stereocenters. The topological polar surface area (TPSA) is 49.3 Å². The van der Waals surface area contributed by atoms with Gasteiger partial charge in [-0.25, -0.2) is 9.97 Å². The van der Waals surface area contributed by atoms with Gasteiger partial charge in [-0.1, -0.05) is 23.7 Å². The van der Waals surface area contributed by atoms with Crippen molar-refractivity contribution in [2.24, 2.45) is 0 Å². The first-order chi connectivity index (χ1) is 11.7. The lowest BCUT2D eigenvalue weighted by atomic mass is 10.2. The third-order valence-corrected chi connectivity index (χ3v) is 5.39. The zero-order valence-corrected chi connectivity index (χ0v) is 14.4. The second kappa shape index (κ2) is 6.37. The molecule has 1 fully saturated rings. The third-order valence-electron chi connectivity index (χ3n) is 4.17. The molecule has 0 N–H and O–H groups in total. The number of hydrogen-bond acceptors (Lipinski definition) is 5. The SMILES string of the molecule is O=C(c1ccc(Cl)s1)N1CCN(c2ncnc3ccccc23)CC1. The lowest BCUT2D eigenvalue weighted by molar-refractivity contribution is 0.0751. The van der Waals surface area contributed by atoms with E-state index in [1.54, 1.807) is 18.5 Å². The fourth-order valence-electron chi connectivity index (χ4n) is 2.95. The highest BCUT2D eigenvalue weighted by Crippen LogP contribution is 2.26. The summed E-state index contributed by atoms with van der Waals surface area (Å²) in [5.41, 5.74) is 0.939. The van der Waals surface area contributed by atoms with Gasteiger partial charge in [0.25, 0.3) is 5.91 Å². The van der Waals surface area contributed by atoms with E-state index >= 15 is 0 Å². The molecule has 0 aliphatic carbocycles. The smallest absolute Gasteiger partial charge is 0.264 e. The van der Waals surface area contributed by atoms with Crippen LogP contribution in [0.2, 0.25) is 4.34 Å². The molecule has 3 heterocycles. The van der Waals surface area contributed by atoms with Crippen molar-refractivity contribution in [2.45, 2.75) is 0 Å². The quantitative estimate of drug-likeness (QED) is 0.705. The summed E-state index contributed by atoms with van der Waals surface area (Å²) in [5, 5.41) is 1.05. The number of halogens is 1. The second-order valence-corrected chi connectivity index (χ2v) is 7.31. The highest BCUT2D eigenvalue weighted by Gasteiger charge is 2.24. The highest BCUT2D eigenvalue weighted by molar-refractivity contribution is 7.17. The zero-order chi connectivity index (χ0) is 16.5. The number of benzene rings is 1. The molecule has 0 spiro atoms. The average molecular weight is 359 g/mol. The molecule has 0 radical (unpaired) electrons. The summed E-state index contributed by atoms with van der Waals surface area (Å²) in [4.78, 5) is 26.1. The van der Waals surface area contributed by atoms with Crippen molar-refractivity contribution in [3.8, 4) is 0 Å². The molecule has 1 aromatic carbocycles. The van der Waals surface area contributed by atoms with E-state index in [0.717, 1.165) is 29.8 Å². The minimum Gasteiger partial charge on any atom is -0.352 e. The van der Waals surface area contributed by atoms with Gasteiger partial charge in [0.05, 0.1) is 14.7 Å². The molecular formula is C17H15ClN4OS. The number of hydrogen-bond donors (Lipinski definition) is 0. The molecule has 1 aliphatic rings. The fraction of sp³-hybridized carbons (Fsp3) is 0.235. The van der Waals surface area contributed by atoms with Gasteiger partial charge in [0, 0.05) is 31.6 Å². The highest BCUT2D eigenvalue weighted by atomic mass is 35.5. The molecule has 5 nitrogen and oxygen atoms in total. The molecule has 3 aromatic rings. The van der Waals surface area contributed by atoms with Gasteiger partial charge in [0.1, 0.15) is 12.1 Å². The van der Waals surface area contributed by atoms with Crippen LogP contribution in [0.5, 0.6) is 0 Å². The van der Waals surface area contributed by atoms with Crippen molar-refractivity contribution in [3.63, 3.8) is 0 Å². The minimum absolute atomic E-state index is 0.0547. The number of aromatic nitrogens is 2. The van der Waals surface area contributed by atoms with E-state index in [-0.39, 0.29) is 5.91 Å². The van der Waals surface area contributed by atoms with Crippen molar-refractivity contribution < 1.29 is 4.79 Å². The number of rotatable bonds is 2. The first-order valence-electron chi connectivity index (χ1n) is 7.72. The number of piperazine rings is 1. The van der Waals surface area contributed by atoms with Crippen molar-refractivity contribution in [1.29, 1.82) is 0 Å². The number of nitrogens with zero attached hydrogens (tertiary/aromatic N) is 4. The largest absolute Gasteiger partial charge is 0.352 e. The van der Waals surface area contributed by atoms with Crippen LogP contribution in [0.3, 0.4) is 0 Å². The van der Waals surface area contributed by atoms with Gasteiger partial charge in [-0.3, -0.25) is 4.79 Å². The summed E-state index contributed by atoms with van der Waals surface area (Å²) >= 11 is 7.26. The molecule has 0 saturated carbocycles. The van der Waals surface area contributed by atoms with Crippen LogP contribution in [-0.4, -0.2) is 47.0 Å². The predicted molar refractivity (Wildman–Crippen MR) is 97.0 cm³/mol. The molecule has 122 valence electrons. The van der Waals surface area contributed by atoms with Gasteiger partial charge in [0.2, 0.25) is 0 Å². The minimum atomic E-state index is 0.0547. The Hall–Kier alpha value is -2.18. The first-order valence-corrected chi connectivity index (χ1v) is 8.91. The standard InChI is InChI=1S/C17H15ClN4OS/c18-15-6-5-14(24-15)17(23)22-9-7-21(8-10-22)16-12-3-1-2-4-13(12)19-11-20-16/h1-6,11H,7-10H2. The average Bonchev–Trinajstić information content (AvgIpc) is 3.07. The summed E-state index contributed by atoms with van der Waals surface area (Å²) in [6.45, 7) is 2.86. The Morgan fingerprint density at radius 2 is 1.83 bits per heavy atom. The van der Waals surface area contributed by atoms with Gasteiger partial charge in [-0.2, -0.15) is 0 Å². The third kappa shape index (κ3) is 2.83. The number of thiophene rings is 1. The van der Waals surface area contributed by atoms with E-state index in [9.17, 15) is 4.79 Å². The first kappa shape index (κ1) is 15.4. The molecule has 0 atom stereocenters. The van der Waals surface area contributed by atoms with E-state index in [2.05, 4.69) is 14.9 Å². The Morgan fingerprint density at radius 3 is 2.58 bits per heavy atom. The number of fused-ring (bicyclic) bond motifs is 1. The van der Waals surface area contributed by atoms with E-state index < -0.39 is 0 Å². The monoisotopic (exact) mass is 358 g/mol. The Morgan fingerprint density at radius 1 is 1.04 bits per heavy atom. The maximum Gasteiger partial charge on any atom is 0.264 e. The zero-order valence-electron chi connectivity index (χ0n) is 12.9. The second-order valence-electron chi connectivity index (χ2n) is 5.60. The van der Waals surface area contributed by atoms with Crippen LogP contribution in [0.4, 0.5) is 5.82 Å². The van der Waals surface area contributed by atoms with E-state index in [4.69, 9.17) is 11.6 Å². The normalized spacial score (nSPS) is 15.0. The molecule has 1 aliphatic heterocycles. The number of amides is 1. The van der Waals surface area contributed by atoms with Crippen LogP contribution in [0, 0.1) is 0 Å².